The molecule has 0 N–H and O–H groups in total. The fourth-order valence-electron chi connectivity index (χ4n) is 3.48. The highest BCUT2D eigenvalue weighted by Crippen LogP contribution is 2.40. The molecule has 0 unspecified atom stereocenters. The summed E-state index contributed by atoms with van der Waals surface area (Å²) in [5.41, 5.74) is 4.94. The molecule has 0 aliphatic carbocycles. The third-order valence-electron chi connectivity index (χ3n) is 4.16. The summed E-state index contributed by atoms with van der Waals surface area (Å²) >= 11 is 0. The van der Waals surface area contributed by atoms with E-state index in [1.54, 1.807) is 17.3 Å². The van der Waals surface area contributed by atoms with Crippen LogP contribution in [-0.2, 0) is 0 Å². The predicted octanol–water partition coefficient (Wildman–Crippen LogP) is 3.57. The van der Waals surface area contributed by atoms with E-state index in [-0.39, 0.29) is 5.54 Å². The molecule has 1 aliphatic rings. The average Bonchev–Trinajstić information content (AvgIpc) is 2.97. The lowest BCUT2D eigenvalue weighted by molar-refractivity contribution is 0.507. The van der Waals surface area contributed by atoms with Crippen LogP contribution in [0, 0.1) is 0 Å². The Labute approximate surface area is 137 Å². The van der Waals surface area contributed by atoms with Crippen LogP contribution in [0.25, 0.3) is 5.57 Å². The molecule has 0 saturated carbocycles. The first-order chi connectivity index (χ1) is 10.9. The predicted molar refractivity (Wildman–Crippen MR) is 94.8 cm³/mol. The molecule has 1 aromatic carbocycles. The average molecular weight is 309 g/mol. The van der Waals surface area contributed by atoms with Crippen LogP contribution in [0.2, 0.25) is 0 Å². The number of hydrogen-bond donors (Lipinski definition) is 0. The highest BCUT2D eigenvalue weighted by atomic mass is 15.4. The van der Waals surface area contributed by atoms with Crippen LogP contribution in [0.15, 0.2) is 42.0 Å². The van der Waals surface area contributed by atoms with Gasteiger partial charge in [0, 0.05) is 17.3 Å². The Kier molecular flexibility index (Phi) is 3.80. The first kappa shape index (κ1) is 15.5. The van der Waals surface area contributed by atoms with Crippen molar-refractivity contribution < 1.29 is 0 Å². The SMILES string of the molecule is CC1=CC(C)(C)N(C(C)C)c2ccc(/C=N/n3cnnc3)cc21. The van der Waals surface area contributed by atoms with E-state index in [2.05, 4.69) is 79.1 Å². The summed E-state index contributed by atoms with van der Waals surface area (Å²) in [5, 5.41) is 11.8. The maximum absolute atomic E-state index is 4.33. The molecule has 0 spiro atoms. The lowest BCUT2D eigenvalue weighted by atomic mass is 9.87. The molecule has 0 amide bonds. The van der Waals surface area contributed by atoms with Crippen LogP contribution >= 0.6 is 0 Å². The summed E-state index contributed by atoms with van der Waals surface area (Å²) in [4.78, 5) is 2.47. The van der Waals surface area contributed by atoms with Crippen LogP contribution in [0.4, 0.5) is 5.69 Å². The van der Waals surface area contributed by atoms with Gasteiger partial charge in [0.25, 0.3) is 0 Å². The second-order valence-corrected chi connectivity index (χ2v) is 6.81. The normalized spacial score (nSPS) is 16.8. The van der Waals surface area contributed by atoms with Gasteiger partial charge in [-0.3, -0.25) is 0 Å². The fourth-order valence-corrected chi connectivity index (χ4v) is 3.48. The van der Waals surface area contributed by atoms with Gasteiger partial charge in [-0.1, -0.05) is 12.1 Å². The van der Waals surface area contributed by atoms with Gasteiger partial charge in [-0.2, -0.15) is 5.10 Å². The first-order valence-electron chi connectivity index (χ1n) is 7.91. The molecule has 120 valence electrons. The van der Waals surface area contributed by atoms with Gasteiger partial charge in [-0.25, -0.2) is 4.68 Å². The second kappa shape index (κ2) is 5.65. The maximum Gasteiger partial charge on any atom is 0.141 e. The van der Waals surface area contributed by atoms with Crippen molar-refractivity contribution in [1.82, 2.24) is 14.9 Å². The van der Waals surface area contributed by atoms with Gasteiger partial charge in [0.2, 0.25) is 0 Å². The number of fused-ring (bicyclic) bond motifs is 1. The molecule has 1 aromatic heterocycles. The number of anilines is 1. The molecule has 0 fully saturated rings. The first-order valence-corrected chi connectivity index (χ1v) is 7.91. The van der Waals surface area contributed by atoms with Crippen LogP contribution in [-0.4, -0.2) is 32.7 Å². The molecule has 23 heavy (non-hydrogen) atoms. The zero-order valence-corrected chi connectivity index (χ0v) is 14.4. The lowest BCUT2D eigenvalue weighted by Gasteiger charge is -2.46. The van der Waals surface area contributed by atoms with E-state index < -0.39 is 0 Å². The van der Waals surface area contributed by atoms with E-state index in [0.717, 1.165) is 5.56 Å². The molecular formula is C18H23N5. The van der Waals surface area contributed by atoms with Gasteiger partial charge in [0.05, 0.1) is 11.8 Å². The van der Waals surface area contributed by atoms with E-state index in [0.29, 0.717) is 6.04 Å². The highest BCUT2D eigenvalue weighted by molar-refractivity contribution is 5.87. The minimum atomic E-state index is 0.0172. The van der Waals surface area contributed by atoms with Crippen molar-refractivity contribution >= 4 is 17.5 Å². The molecule has 0 bridgehead atoms. The Balaban J connectivity index is 2.01. The number of allylic oxidation sites excluding steroid dienone is 1. The summed E-state index contributed by atoms with van der Waals surface area (Å²) in [7, 11) is 0. The molecule has 5 heteroatoms. The third-order valence-corrected chi connectivity index (χ3v) is 4.16. The highest BCUT2D eigenvalue weighted by Gasteiger charge is 2.32. The van der Waals surface area contributed by atoms with Crippen molar-refractivity contribution in [2.45, 2.75) is 46.2 Å². The van der Waals surface area contributed by atoms with Crippen molar-refractivity contribution in [3.05, 3.63) is 48.1 Å². The van der Waals surface area contributed by atoms with Crippen molar-refractivity contribution in [2.75, 3.05) is 4.90 Å². The summed E-state index contributed by atoms with van der Waals surface area (Å²) in [6, 6.07) is 6.93. The van der Waals surface area contributed by atoms with Crippen molar-refractivity contribution in [3.8, 4) is 0 Å². The zero-order valence-electron chi connectivity index (χ0n) is 14.4. The van der Waals surface area contributed by atoms with Gasteiger partial charge in [-0.05, 0) is 57.9 Å². The lowest BCUT2D eigenvalue weighted by Crippen LogP contribution is -2.49. The van der Waals surface area contributed by atoms with Crippen LogP contribution in [0.5, 0.6) is 0 Å². The summed E-state index contributed by atoms with van der Waals surface area (Å²) in [6.45, 7) is 11.2. The van der Waals surface area contributed by atoms with Crippen molar-refractivity contribution in [2.24, 2.45) is 5.10 Å². The van der Waals surface area contributed by atoms with Gasteiger partial charge in [-0.15, -0.1) is 10.2 Å². The number of nitrogens with zero attached hydrogens (tertiary/aromatic N) is 5. The summed E-state index contributed by atoms with van der Waals surface area (Å²) in [5.74, 6) is 0. The third kappa shape index (κ3) is 2.91. The minimum absolute atomic E-state index is 0.0172. The Hall–Kier alpha value is -2.43. The molecule has 0 atom stereocenters. The Morgan fingerprint density at radius 3 is 2.52 bits per heavy atom. The number of rotatable bonds is 3. The van der Waals surface area contributed by atoms with E-state index >= 15 is 0 Å². The molecule has 3 rings (SSSR count). The smallest absolute Gasteiger partial charge is 0.141 e. The maximum atomic E-state index is 4.33. The molecule has 0 saturated heterocycles. The number of aromatic nitrogens is 3. The van der Waals surface area contributed by atoms with Crippen molar-refractivity contribution in [1.29, 1.82) is 0 Å². The topological polar surface area (TPSA) is 46.3 Å². The van der Waals surface area contributed by atoms with Crippen molar-refractivity contribution in [3.63, 3.8) is 0 Å². The van der Waals surface area contributed by atoms with E-state index in [1.165, 1.54) is 16.8 Å². The standard InChI is InChI=1S/C18H23N5/c1-13(2)23-17-7-6-15(10-21-22-11-19-20-12-22)8-16(17)14(3)9-18(23,4)5/h6-13H,1-5H3/b21-10+. The van der Waals surface area contributed by atoms with Gasteiger partial charge < -0.3 is 4.90 Å². The van der Waals surface area contributed by atoms with Gasteiger partial charge in [0.15, 0.2) is 0 Å². The monoisotopic (exact) mass is 309 g/mol. The minimum Gasteiger partial charge on any atom is -0.360 e. The molecule has 2 heterocycles. The Morgan fingerprint density at radius 1 is 1.17 bits per heavy atom. The van der Waals surface area contributed by atoms with Crippen LogP contribution in [0.1, 0.15) is 45.7 Å². The van der Waals surface area contributed by atoms with Gasteiger partial charge >= 0.3 is 0 Å². The van der Waals surface area contributed by atoms with E-state index in [1.807, 2.05) is 6.21 Å². The number of hydrogen-bond acceptors (Lipinski definition) is 4. The van der Waals surface area contributed by atoms with E-state index in [9.17, 15) is 0 Å². The largest absolute Gasteiger partial charge is 0.360 e. The second-order valence-electron chi connectivity index (χ2n) is 6.81. The molecule has 0 radical (unpaired) electrons. The van der Waals surface area contributed by atoms with E-state index in [4.69, 9.17) is 0 Å². The zero-order chi connectivity index (χ0) is 16.6. The molecule has 2 aromatic rings. The summed E-state index contributed by atoms with van der Waals surface area (Å²) < 4.78 is 1.59. The van der Waals surface area contributed by atoms with Crippen LogP contribution in [0.3, 0.4) is 0 Å². The Morgan fingerprint density at radius 2 is 1.87 bits per heavy atom. The molecular weight excluding hydrogens is 286 g/mol. The van der Waals surface area contributed by atoms with Gasteiger partial charge in [0.1, 0.15) is 12.7 Å². The molecule has 5 nitrogen and oxygen atoms in total. The molecule has 1 aliphatic heterocycles. The fraction of sp³-hybridized carbons (Fsp3) is 0.389. The summed E-state index contributed by atoms with van der Waals surface area (Å²) in [6.07, 6.45) is 7.32. The quantitative estimate of drug-likeness (QED) is 0.814. The van der Waals surface area contributed by atoms with Crippen LogP contribution < -0.4 is 4.90 Å². The Bertz CT molecular complexity index is 754. The number of benzene rings is 1.